The monoisotopic (exact) mass is 438 g/mol. The van der Waals surface area contributed by atoms with Crippen LogP contribution in [0.25, 0.3) is 0 Å². The van der Waals surface area contributed by atoms with Gasteiger partial charge < -0.3 is 4.42 Å². The van der Waals surface area contributed by atoms with Gasteiger partial charge in [-0.15, -0.1) is 0 Å². The molecule has 0 spiro atoms. The fraction of sp³-hybridized carbons (Fsp3) is 0.368. The van der Waals surface area contributed by atoms with E-state index in [1.807, 2.05) is 6.07 Å². The number of benzene rings is 1. The summed E-state index contributed by atoms with van der Waals surface area (Å²) < 4.78 is 58.7. The molecule has 0 bridgehead atoms. The lowest BCUT2D eigenvalue weighted by Gasteiger charge is -2.33. The minimum absolute atomic E-state index is 0.0253. The predicted octanol–water partition coefficient (Wildman–Crippen LogP) is 1.99. The standard InChI is InChI=1S/C19H20F2N4O4S/c1-12-13(2)29-19(15(12)10-22)23-18(26)11-24-5-7-25(8-6-24)30(27,28)17-4-3-14(20)9-16(17)21/h3-4,9H,5-8,11H2,1-2H3,(H,23,26). The number of carbonyl (C=O) groups is 1. The number of nitrogens with one attached hydrogen (secondary N) is 1. The lowest BCUT2D eigenvalue weighted by molar-refractivity contribution is -0.117. The number of nitriles is 1. The van der Waals surface area contributed by atoms with Gasteiger partial charge in [0, 0.05) is 37.8 Å². The maximum absolute atomic E-state index is 13.9. The molecule has 1 N–H and O–H groups in total. The molecule has 2 heterocycles. The third-order valence-electron chi connectivity index (χ3n) is 4.96. The second-order valence-electron chi connectivity index (χ2n) is 6.90. The van der Waals surface area contributed by atoms with E-state index in [4.69, 9.17) is 4.42 Å². The zero-order chi connectivity index (χ0) is 22.1. The molecule has 0 aliphatic carbocycles. The third-order valence-corrected chi connectivity index (χ3v) is 6.89. The quantitative estimate of drug-likeness (QED) is 0.765. The van der Waals surface area contributed by atoms with Crippen molar-refractivity contribution in [3.05, 3.63) is 46.7 Å². The Kier molecular flexibility index (Phi) is 6.21. The van der Waals surface area contributed by atoms with E-state index < -0.39 is 32.5 Å². The van der Waals surface area contributed by atoms with Crippen molar-refractivity contribution in [1.29, 1.82) is 5.26 Å². The number of nitrogens with zero attached hydrogens (tertiary/aromatic N) is 3. The van der Waals surface area contributed by atoms with Crippen LogP contribution in [0.2, 0.25) is 0 Å². The third kappa shape index (κ3) is 4.35. The van der Waals surface area contributed by atoms with E-state index in [-0.39, 0.29) is 44.2 Å². The molecule has 1 saturated heterocycles. The molecule has 3 rings (SSSR count). The summed E-state index contributed by atoms with van der Waals surface area (Å²) in [5.74, 6) is -1.78. The summed E-state index contributed by atoms with van der Waals surface area (Å²) in [7, 11) is -4.11. The van der Waals surface area contributed by atoms with Crippen molar-refractivity contribution < 1.29 is 26.4 Å². The molecule has 1 aromatic carbocycles. The number of aryl methyl sites for hydroxylation is 1. The lowest BCUT2D eigenvalue weighted by Crippen LogP contribution is -2.50. The Morgan fingerprint density at radius 3 is 2.50 bits per heavy atom. The minimum atomic E-state index is -4.11. The Labute approximate surface area is 172 Å². The number of anilines is 1. The highest BCUT2D eigenvalue weighted by Gasteiger charge is 2.31. The molecule has 8 nitrogen and oxygen atoms in total. The SMILES string of the molecule is Cc1oc(NC(=O)CN2CCN(S(=O)(=O)c3ccc(F)cc3F)CC2)c(C#N)c1C. The summed E-state index contributed by atoms with van der Waals surface area (Å²) in [6, 6.07) is 4.31. The van der Waals surface area contributed by atoms with Gasteiger partial charge >= 0.3 is 0 Å². The molecule has 1 aromatic heterocycles. The van der Waals surface area contributed by atoms with Gasteiger partial charge in [-0.2, -0.15) is 9.57 Å². The molecule has 0 atom stereocenters. The molecular weight excluding hydrogens is 418 g/mol. The summed E-state index contributed by atoms with van der Waals surface area (Å²) in [5, 5.41) is 11.8. The fourth-order valence-electron chi connectivity index (χ4n) is 3.17. The van der Waals surface area contributed by atoms with Gasteiger partial charge in [0.15, 0.2) is 0 Å². The first-order chi connectivity index (χ1) is 14.1. The molecule has 0 saturated carbocycles. The Bertz CT molecular complexity index is 1120. The molecule has 0 radical (unpaired) electrons. The van der Waals surface area contributed by atoms with Crippen molar-refractivity contribution in [3.63, 3.8) is 0 Å². The van der Waals surface area contributed by atoms with Crippen molar-refractivity contribution in [2.24, 2.45) is 0 Å². The Balaban J connectivity index is 1.60. The van der Waals surface area contributed by atoms with Crippen LogP contribution in [0.4, 0.5) is 14.7 Å². The van der Waals surface area contributed by atoms with Gasteiger partial charge in [-0.3, -0.25) is 15.0 Å². The van der Waals surface area contributed by atoms with Crippen LogP contribution in [0.15, 0.2) is 27.5 Å². The molecular formula is C19H20F2N4O4S. The van der Waals surface area contributed by atoms with Gasteiger partial charge in [0.05, 0.1) is 6.54 Å². The molecule has 30 heavy (non-hydrogen) atoms. The number of amides is 1. The highest BCUT2D eigenvalue weighted by atomic mass is 32.2. The summed E-state index contributed by atoms with van der Waals surface area (Å²) in [5.41, 5.74) is 0.915. The fourth-order valence-corrected chi connectivity index (χ4v) is 4.64. The van der Waals surface area contributed by atoms with Gasteiger partial charge in [0.1, 0.15) is 33.9 Å². The molecule has 1 aliphatic rings. The zero-order valence-corrected chi connectivity index (χ0v) is 17.2. The molecule has 11 heteroatoms. The Morgan fingerprint density at radius 2 is 1.90 bits per heavy atom. The second kappa shape index (κ2) is 8.51. The maximum Gasteiger partial charge on any atom is 0.246 e. The summed E-state index contributed by atoms with van der Waals surface area (Å²) in [6.07, 6.45) is 0. The van der Waals surface area contributed by atoms with E-state index in [0.29, 0.717) is 17.4 Å². The summed E-state index contributed by atoms with van der Waals surface area (Å²) >= 11 is 0. The largest absolute Gasteiger partial charge is 0.444 e. The number of piperazine rings is 1. The highest BCUT2D eigenvalue weighted by Crippen LogP contribution is 2.25. The van der Waals surface area contributed by atoms with Gasteiger partial charge in [0.25, 0.3) is 0 Å². The van der Waals surface area contributed by atoms with Crippen LogP contribution in [0.3, 0.4) is 0 Å². The van der Waals surface area contributed by atoms with E-state index in [1.165, 1.54) is 0 Å². The number of furan rings is 1. The predicted molar refractivity (Wildman–Crippen MR) is 103 cm³/mol. The summed E-state index contributed by atoms with van der Waals surface area (Å²) in [6.45, 7) is 3.98. The van der Waals surface area contributed by atoms with Gasteiger partial charge in [-0.25, -0.2) is 17.2 Å². The van der Waals surface area contributed by atoms with Crippen molar-refractivity contribution >= 4 is 21.8 Å². The zero-order valence-electron chi connectivity index (χ0n) is 16.4. The van der Waals surface area contributed by atoms with E-state index >= 15 is 0 Å². The van der Waals surface area contributed by atoms with E-state index in [1.54, 1.807) is 18.7 Å². The van der Waals surface area contributed by atoms with E-state index in [9.17, 15) is 27.3 Å². The van der Waals surface area contributed by atoms with Gasteiger partial charge in [-0.1, -0.05) is 0 Å². The normalized spacial score (nSPS) is 15.7. The molecule has 0 unspecified atom stereocenters. The topological polar surface area (TPSA) is 107 Å². The maximum atomic E-state index is 13.9. The first kappa shape index (κ1) is 21.9. The van der Waals surface area contributed by atoms with Crippen molar-refractivity contribution in [2.45, 2.75) is 18.7 Å². The second-order valence-corrected chi connectivity index (χ2v) is 8.81. The van der Waals surface area contributed by atoms with Crippen LogP contribution in [-0.2, 0) is 14.8 Å². The van der Waals surface area contributed by atoms with Crippen LogP contribution in [0.1, 0.15) is 16.9 Å². The van der Waals surface area contributed by atoms with Gasteiger partial charge in [-0.05, 0) is 26.0 Å². The minimum Gasteiger partial charge on any atom is -0.444 e. The number of hydrogen-bond donors (Lipinski definition) is 1. The van der Waals surface area contributed by atoms with Crippen LogP contribution >= 0.6 is 0 Å². The molecule has 1 fully saturated rings. The average molecular weight is 438 g/mol. The van der Waals surface area contributed by atoms with Crippen molar-refractivity contribution in [3.8, 4) is 6.07 Å². The number of rotatable bonds is 5. The van der Waals surface area contributed by atoms with Crippen molar-refractivity contribution in [2.75, 3.05) is 38.0 Å². The first-order valence-corrected chi connectivity index (χ1v) is 10.5. The molecule has 160 valence electrons. The van der Waals surface area contributed by atoms with E-state index in [2.05, 4.69) is 5.32 Å². The number of carbonyl (C=O) groups excluding carboxylic acids is 1. The average Bonchev–Trinajstić information content (AvgIpc) is 2.94. The van der Waals surface area contributed by atoms with Crippen LogP contribution < -0.4 is 5.32 Å². The highest BCUT2D eigenvalue weighted by molar-refractivity contribution is 7.89. The Hall–Kier alpha value is -2.81. The van der Waals surface area contributed by atoms with Gasteiger partial charge in [0.2, 0.25) is 21.8 Å². The van der Waals surface area contributed by atoms with E-state index in [0.717, 1.165) is 16.4 Å². The van der Waals surface area contributed by atoms with Crippen LogP contribution in [0, 0.1) is 36.8 Å². The number of sulfonamides is 1. The lowest BCUT2D eigenvalue weighted by atomic mass is 10.2. The molecule has 1 aliphatic heterocycles. The smallest absolute Gasteiger partial charge is 0.246 e. The summed E-state index contributed by atoms with van der Waals surface area (Å²) in [4.78, 5) is 13.5. The van der Waals surface area contributed by atoms with Crippen LogP contribution in [0.5, 0.6) is 0 Å². The number of halogens is 2. The first-order valence-electron chi connectivity index (χ1n) is 9.11. The van der Waals surface area contributed by atoms with Crippen LogP contribution in [-0.4, -0.2) is 56.3 Å². The molecule has 2 aromatic rings. The van der Waals surface area contributed by atoms with Crippen molar-refractivity contribution in [1.82, 2.24) is 9.21 Å². The number of hydrogen-bond acceptors (Lipinski definition) is 6. The molecule has 1 amide bonds. The Morgan fingerprint density at radius 1 is 1.23 bits per heavy atom.